The minimum absolute atomic E-state index is 0.0186. The number of ketones is 1. The Hall–Kier alpha value is -4.19. The molecule has 2 saturated carbocycles. The molecule has 0 bridgehead atoms. The summed E-state index contributed by atoms with van der Waals surface area (Å²) in [5.74, 6) is -0.500. The quantitative estimate of drug-likeness (QED) is 0.170. The summed E-state index contributed by atoms with van der Waals surface area (Å²) in [5, 5.41) is 31.0. The van der Waals surface area contributed by atoms with Crippen LogP contribution < -0.4 is 21.3 Å². The summed E-state index contributed by atoms with van der Waals surface area (Å²) in [6, 6.07) is 20.8. The fourth-order valence-corrected chi connectivity index (χ4v) is 8.65. The molecule has 2 fully saturated rings. The van der Waals surface area contributed by atoms with Crippen LogP contribution in [0.5, 0.6) is 0 Å². The van der Waals surface area contributed by atoms with E-state index in [0.29, 0.717) is 5.57 Å². The van der Waals surface area contributed by atoms with Gasteiger partial charge in [-0.2, -0.15) is 0 Å². The van der Waals surface area contributed by atoms with Gasteiger partial charge in [-0.05, 0) is 97.5 Å². The topological polar surface area (TPSA) is 85.4 Å². The van der Waals surface area contributed by atoms with Crippen LogP contribution in [0.3, 0.4) is 0 Å². The molecule has 5 N–H and O–H groups in total. The molecule has 212 valence electrons. The molecule has 5 aliphatic rings. The molecule has 1 unspecified atom stereocenters. The Morgan fingerprint density at radius 1 is 0.595 bits per heavy atom. The molecule has 6 heteroatoms. The zero-order valence-corrected chi connectivity index (χ0v) is 23.8. The zero-order valence-electron chi connectivity index (χ0n) is 23.8. The molecule has 2 spiro atoms. The van der Waals surface area contributed by atoms with Gasteiger partial charge in [-0.1, -0.05) is 49.2 Å². The Balaban J connectivity index is 1.11. The van der Waals surface area contributed by atoms with E-state index in [-0.39, 0.29) is 22.9 Å². The minimum atomic E-state index is -0.651. The van der Waals surface area contributed by atoms with E-state index in [1.165, 1.54) is 38.5 Å². The smallest absolute Gasteiger partial charge is 0.181 e. The molecule has 6 nitrogen and oxygen atoms in total. The first-order valence-corrected chi connectivity index (χ1v) is 15.8. The number of allylic oxidation sites excluding steroid dienone is 2. The summed E-state index contributed by atoms with van der Waals surface area (Å²) in [6.45, 7) is 0. The van der Waals surface area contributed by atoms with E-state index >= 15 is 0 Å². The normalized spacial score (nSPS) is 23.2. The van der Waals surface area contributed by atoms with Gasteiger partial charge in [0.1, 0.15) is 23.0 Å². The van der Waals surface area contributed by atoms with Crippen molar-refractivity contribution in [2.45, 2.75) is 81.5 Å². The molecule has 3 aliphatic carbocycles. The maximum Gasteiger partial charge on any atom is 0.181 e. The Kier molecular flexibility index (Phi) is 5.04. The second-order valence-electron chi connectivity index (χ2n) is 13.2. The number of aliphatic hydroxyl groups is 1. The second-order valence-corrected chi connectivity index (χ2v) is 13.2. The third kappa shape index (κ3) is 3.35. The largest absolute Gasteiger partial charge is 0.510 e. The third-order valence-electron chi connectivity index (χ3n) is 10.6. The Bertz CT molecular complexity index is 1820. The van der Waals surface area contributed by atoms with Crippen LogP contribution in [0.25, 0.3) is 27.1 Å². The number of aliphatic hydroxyl groups excluding tert-OH is 1. The van der Waals surface area contributed by atoms with E-state index in [0.717, 1.165) is 81.1 Å². The first-order chi connectivity index (χ1) is 20.5. The molecule has 4 aromatic carbocycles. The average molecular weight is 557 g/mol. The number of carbonyl (C=O) groups is 1. The monoisotopic (exact) mass is 556 g/mol. The molecule has 9 rings (SSSR count). The number of nitrogens with one attached hydrogen (secondary N) is 4. The van der Waals surface area contributed by atoms with E-state index in [2.05, 4.69) is 69.8 Å². The number of carbonyl (C=O) groups excluding carboxylic acids is 1. The Morgan fingerprint density at radius 3 is 1.67 bits per heavy atom. The van der Waals surface area contributed by atoms with Gasteiger partial charge in [0.05, 0.1) is 5.57 Å². The average Bonchev–Trinajstić information content (AvgIpc) is 3.00. The summed E-state index contributed by atoms with van der Waals surface area (Å²) >= 11 is 0. The summed E-state index contributed by atoms with van der Waals surface area (Å²) in [4.78, 5) is 14.0. The molecule has 2 heterocycles. The first-order valence-electron chi connectivity index (χ1n) is 15.8. The van der Waals surface area contributed by atoms with Crippen molar-refractivity contribution in [3.8, 4) is 0 Å². The van der Waals surface area contributed by atoms with Gasteiger partial charge in [0.25, 0.3) is 0 Å². The maximum absolute atomic E-state index is 14.0. The van der Waals surface area contributed by atoms with Gasteiger partial charge in [0.2, 0.25) is 0 Å². The van der Waals surface area contributed by atoms with Crippen LogP contribution in [0, 0.1) is 0 Å². The minimum Gasteiger partial charge on any atom is -0.510 e. The summed E-state index contributed by atoms with van der Waals surface area (Å²) in [5.41, 5.74) is 6.35. The highest BCUT2D eigenvalue weighted by molar-refractivity contribution is 6.35. The number of hydrogen-bond acceptors (Lipinski definition) is 6. The Morgan fingerprint density at radius 2 is 1.10 bits per heavy atom. The molecule has 0 amide bonds. The summed E-state index contributed by atoms with van der Waals surface area (Å²) < 4.78 is 0. The van der Waals surface area contributed by atoms with Crippen LogP contribution in [0.4, 0.5) is 22.7 Å². The van der Waals surface area contributed by atoms with Crippen LogP contribution in [-0.4, -0.2) is 22.2 Å². The SMILES string of the molecule is O=C1C(c2ccc3c4c(cccc24)NC2(CCCCC2)N3)=C(O)C1c1ccc2c3c(cccc13)NC1(CCCCC1)N2. The Labute approximate surface area is 245 Å². The van der Waals surface area contributed by atoms with E-state index < -0.39 is 5.92 Å². The molecular weight excluding hydrogens is 520 g/mol. The van der Waals surface area contributed by atoms with Gasteiger partial charge in [-0.15, -0.1) is 0 Å². The van der Waals surface area contributed by atoms with Crippen molar-refractivity contribution in [2.75, 3.05) is 21.3 Å². The highest BCUT2D eigenvalue weighted by Gasteiger charge is 2.44. The van der Waals surface area contributed by atoms with Crippen LogP contribution in [-0.2, 0) is 4.79 Å². The van der Waals surface area contributed by atoms with E-state index in [9.17, 15) is 9.90 Å². The van der Waals surface area contributed by atoms with Gasteiger partial charge in [0.15, 0.2) is 5.78 Å². The number of hydrogen-bond donors (Lipinski definition) is 5. The van der Waals surface area contributed by atoms with Gasteiger partial charge in [-0.3, -0.25) is 4.79 Å². The predicted octanol–water partition coefficient (Wildman–Crippen LogP) is 8.62. The lowest BCUT2D eigenvalue weighted by Crippen LogP contribution is -2.49. The van der Waals surface area contributed by atoms with Crippen LogP contribution in [0.2, 0.25) is 0 Å². The lowest BCUT2D eigenvalue weighted by Gasteiger charge is -2.44. The zero-order chi connectivity index (χ0) is 28.1. The highest BCUT2D eigenvalue weighted by Crippen LogP contribution is 2.51. The lowest BCUT2D eigenvalue weighted by atomic mass is 9.72. The van der Waals surface area contributed by atoms with Gasteiger partial charge >= 0.3 is 0 Å². The molecule has 0 radical (unpaired) electrons. The van der Waals surface area contributed by atoms with Crippen molar-refractivity contribution in [3.05, 3.63) is 77.5 Å². The number of anilines is 4. The fourth-order valence-electron chi connectivity index (χ4n) is 8.65. The van der Waals surface area contributed by atoms with Gasteiger partial charge in [-0.25, -0.2) is 0 Å². The molecule has 42 heavy (non-hydrogen) atoms. The summed E-state index contributed by atoms with van der Waals surface area (Å²) in [7, 11) is 0. The molecule has 0 saturated heterocycles. The van der Waals surface area contributed by atoms with Crippen molar-refractivity contribution in [1.82, 2.24) is 0 Å². The maximum atomic E-state index is 14.0. The molecule has 0 aromatic heterocycles. The fraction of sp³-hybridized carbons (Fsp3) is 0.361. The highest BCUT2D eigenvalue weighted by atomic mass is 16.3. The van der Waals surface area contributed by atoms with Crippen molar-refractivity contribution in [1.29, 1.82) is 0 Å². The molecule has 4 aromatic rings. The van der Waals surface area contributed by atoms with Crippen molar-refractivity contribution in [2.24, 2.45) is 0 Å². The number of rotatable bonds is 2. The van der Waals surface area contributed by atoms with Gasteiger partial charge < -0.3 is 26.4 Å². The predicted molar refractivity (Wildman–Crippen MR) is 171 cm³/mol. The number of Topliss-reactive ketones (excluding diaryl/α,β-unsaturated/α-hetero) is 1. The standard InChI is InChI=1S/C36H36N4O2/c41-33-31(23-13-15-27-29-21(23)9-7-11-25(29)37-35(39-27)17-3-1-4-18-35)34(42)32(33)24-14-16-28-30-22(24)10-8-12-26(30)38-36(40-28)19-5-2-6-20-36/h7-16,31,37-41H,1-6,17-20H2. The van der Waals surface area contributed by atoms with E-state index in [1.54, 1.807) is 0 Å². The lowest BCUT2D eigenvalue weighted by molar-refractivity contribution is -0.116. The van der Waals surface area contributed by atoms with Crippen molar-refractivity contribution < 1.29 is 9.90 Å². The third-order valence-corrected chi connectivity index (χ3v) is 10.6. The van der Waals surface area contributed by atoms with E-state index in [1.807, 2.05) is 12.1 Å². The first kappa shape index (κ1) is 24.4. The van der Waals surface area contributed by atoms with Crippen LogP contribution >= 0.6 is 0 Å². The molecule has 2 aliphatic heterocycles. The van der Waals surface area contributed by atoms with Crippen molar-refractivity contribution in [3.63, 3.8) is 0 Å². The van der Waals surface area contributed by atoms with Crippen LogP contribution in [0.15, 0.2) is 66.4 Å². The van der Waals surface area contributed by atoms with Gasteiger partial charge in [0, 0.05) is 33.5 Å². The van der Waals surface area contributed by atoms with E-state index in [4.69, 9.17) is 0 Å². The second kappa shape index (κ2) is 8.66. The molecular formula is C36H36N4O2. The summed E-state index contributed by atoms with van der Waals surface area (Å²) in [6.07, 6.45) is 11.8. The van der Waals surface area contributed by atoms with Crippen LogP contribution in [0.1, 0.15) is 81.3 Å². The van der Waals surface area contributed by atoms with Crippen molar-refractivity contribution >= 4 is 55.7 Å². The number of benzene rings is 4. The molecule has 1 atom stereocenters.